The molecule has 2 heterocycles. The van der Waals surface area contributed by atoms with E-state index < -0.39 is 9.84 Å². The number of ether oxygens (including phenoxy) is 1. The van der Waals surface area contributed by atoms with Gasteiger partial charge in [0.1, 0.15) is 9.84 Å². The highest BCUT2D eigenvalue weighted by atomic mass is 32.2. The molecule has 2 rings (SSSR count). The van der Waals surface area contributed by atoms with Crippen LogP contribution in [0.4, 0.5) is 11.9 Å². The number of nitrogens with one attached hydrogen (secondary N) is 1. The maximum atomic E-state index is 11.3. The predicted molar refractivity (Wildman–Crippen MR) is 66.1 cm³/mol. The molecule has 1 aromatic heterocycles. The lowest BCUT2D eigenvalue weighted by Crippen LogP contribution is -2.32. The number of nitrogens with two attached hydrogens (primary N) is 1. The SMILES string of the molecule is COc1nc(N)nc(NC2CCS(=O)(=O)CC2)n1. The van der Waals surface area contributed by atoms with Gasteiger partial charge in [0.2, 0.25) is 11.9 Å². The molecule has 100 valence electrons. The fourth-order valence-corrected chi connectivity index (χ4v) is 3.24. The molecule has 1 aromatic rings. The van der Waals surface area contributed by atoms with Crippen molar-refractivity contribution in [2.45, 2.75) is 18.9 Å². The Balaban J connectivity index is 2.04. The molecule has 0 unspecified atom stereocenters. The Morgan fingerprint density at radius 1 is 1.28 bits per heavy atom. The van der Waals surface area contributed by atoms with Crippen molar-refractivity contribution in [1.82, 2.24) is 15.0 Å². The van der Waals surface area contributed by atoms with Gasteiger partial charge in [0, 0.05) is 6.04 Å². The molecule has 1 aliphatic rings. The lowest BCUT2D eigenvalue weighted by molar-refractivity contribution is 0.379. The number of hydrogen-bond donors (Lipinski definition) is 2. The minimum atomic E-state index is -2.87. The maximum Gasteiger partial charge on any atom is 0.322 e. The summed E-state index contributed by atoms with van der Waals surface area (Å²) in [6.07, 6.45) is 1.08. The van der Waals surface area contributed by atoms with Gasteiger partial charge in [-0.25, -0.2) is 8.42 Å². The summed E-state index contributed by atoms with van der Waals surface area (Å²) in [6.45, 7) is 0. The second kappa shape index (κ2) is 4.92. The molecule has 0 atom stereocenters. The van der Waals surface area contributed by atoms with Gasteiger partial charge in [-0.05, 0) is 12.8 Å². The van der Waals surface area contributed by atoms with E-state index in [-0.39, 0.29) is 29.5 Å². The predicted octanol–water partition coefficient (Wildman–Crippen LogP) is -0.548. The fraction of sp³-hybridized carbons (Fsp3) is 0.667. The van der Waals surface area contributed by atoms with Crippen LogP contribution >= 0.6 is 0 Å². The minimum Gasteiger partial charge on any atom is -0.467 e. The number of aromatic nitrogens is 3. The largest absolute Gasteiger partial charge is 0.467 e. The Labute approximate surface area is 105 Å². The van der Waals surface area contributed by atoms with Gasteiger partial charge in [-0.1, -0.05) is 0 Å². The van der Waals surface area contributed by atoms with Crippen LogP contribution in [-0.2, 0) is 9.84 Å². The van der Waals surface area contributed by atoms with Crippen molar-refractivity contribution in [3.8, 4) is 6.01 Å². The van der Waals surface area contributed by atoms with E-state index in [4.69, 9.17) is 10.5 Å². The molecule has 0 radical (unpaired) electrons. The molecule has 1 aliphatic heterocycles. The summed E-state index contributed by atoms with van der Waals surface area (Å²) >= 11 is 0. The second-order valence-electron chi connectivity index (χ2n) is 4.07. The summed E-state index contributed by atoms with van der Waals surface area (Å²) in [7, 11) is -1.44. The number of sulfone groups is 1. The molecule has 0 bridgehead atoms. The molecule has 0 aliphatic carbocycles. The average Bonchev–Trinajstić information content (AvgIpc) is 2.31. The first-order valence-corrected chi connectivity index (χ1v) is 7.33. The van der Waals surface area contributed by atoms with Gasteiger partial charge in [0.15, 0.2) is 0 Å². The van der Waals surface area contributed by atoms with Gasteiger partial charge in [0.25, 0.3) is 0 Å². The number of anilines is 2. The Bertz CT molecular complexity index is 519. The molecule has 9 heteroatoms. The van der Waals surface area contributed by atoms with Gasteiger partial charge >= 0.3 is 6.01 Å². The van der Waals surface area contributed by atoms with Crippen molar-refractivity contribution < 1.29 is 13.2 Å². The van der Waals surface area contributed by atoms with E-state index in [1.807, 2.05) is 0 Å². The van der Waals surface area contributed by atoms with E-state index in [0.717, 1.165) is 0 Å². The van der Waals surface area contributed by atoms with Crippen molar-refractivity contribution in [3.05, 3.63) is 0 Å². The zero-order valence-electron chi connectivity index (χ0n) is 9.96. The van der Waals surface area contributed by atoms with Gasteiger partial charge in [-0.2, -0.15) is 15.0 Å². The quantitative estimate of drug-likeness (QED) is 0.752. The second-order valence-corrected chi connectivity index (χ2v) is 6.38. The van der Waals surface area contributed by atoms with Gasteiger partial charge in [-0.15, -0.1) is 0 Å². The molecule has 1 saturated heterocycles. The highest BCUT2D eigenvalue weighted by Crippen LogP contribution is 2.17. The molecule has 8 nitrogen and oxygen atoms in total. The highest BCUT2D eigenvalue weighted by Gasteiger charge is 2.24. The van der Waals surface area contributed by atoms with E-state index in [9.17, 15) is 8.42 Å². The molecule has 0 spiro atoms. The molecule has 3 N–H and O–H groups in total. The van der Waals surface area contributed by atoms with Crippen molar-refractivity contribution in [1.29, 1.82) is 0 Å². The fourth-order valence-electron chi connectivity index (χ4n) is 1.74. The maximum absolute atomic E-state index is 11.3. The number of nitrogens with zero attached hydrogens (tertiary/aromatic N) is 3. The standard InChI is InChI=1S/C9H15N5O3S/c1-17-9-13-7(10)12-8(14-9)11-6-2-4-18(15,16)5-3-6/h6H,2-5H2,1H3,(H3,10,11,12,13,14). The van der Waals surface area contributed by atoms with Crippen molar-refractivity contribution in [2.75, 3.05) is 29.7 Å². The van der Waals surface area contributed by atoms with Gasteiger partial charge in [-0.3, -0.25) is 0 Å². The van der Waals surface area contributed by atoms with Crippen molar-refractivity contribution >= 4 is 21.7 Å². The summed E-state index contributed by atoms with van der Waals surface area (Å²) < 4.78 is 27.5. The van der Waals surface area contributed by atoms with E-state index in [1.54, 1.807) is 0 Å². The summed E-state index contributed by atoms with van der Waals surface area (Å²) in [6, 6.07) is 0.161. The van der Waals surface area contributed by atoms with Crippen molar-refractivity contribution in [2.24, 2.45) is 0 Å². The molecule has 18 heavy (non-hydrogen) atoms. The molecule has 0 saturated carbocycles. The molecular formula is C9H15N5O3S. The summed E-state index contributed by atoms with van der Waals surface area (Å²) in [5, 5.41) is 3.05. The number of hydrogen-bond acceptors (Lipinski definition) is 8. The first-order chi connectivity index (χ1) is 8.48. The van der Waals surface area contributed by atoms with Crippen LogP contribution in [0.5, 0.6) is 6.01 Å². The smallest absolute Gasteiger partial charge is 0.322 e. The molecule has 1 fully saturated rings. The van der Waals surface area contributed by atoms with Crippen LogP contribution in [0.1, 0.15) is 12.8 Å². The van der Waals surface area contributed by atoms with Gasteiger partial charge < -0.3 is 15.8 Å². The zero-order valence-corrected chi connectivity index (χ0v) is 10.8. The highest BCUT2D eigenvalue weighted by molar-refractivity contribution is 7.91. The number of methoxy groups -OCH3 is 1. The van der Waals surface area contributed by atoms with Crippen LogP contribution in [0.25, 0.3) is 0 Å². The lowest BCUT2D eigenvalue weighted by Gasteiger charge is -2.22. The topological polar surface area (TPSA) is 120 Å². The third-order valence-electron chi connectivity index (χ3n) is 2.70. The molecule has 0 amide bonds. The Morgan fingerprint density at radius 2 is 1.94 bits per heavy atom. The first-order valence-electron chi connectivity index (χ1n) is 5.51. The van der Waals surface area contributed by atoms with Crippen LogP contribution < -0.4 is 15.8 Å². The van der Waals surface area contributed by atoms with Crippen LogP contribution in [0.3, 0.4) is 0 Å². The average molecular weight is 273 g/mol. The Kier molecular flexibility index (Phi) is 3.50. The monoisotopic (exact) mass is 273 g/mol. The lowest BCUT2D eigenvalue weighted by atomic mass is 10.2. The van der Waals surface area contributed by atoms with E-state index >= 15 is 0 Å². The molecule has 0 aromatic carbocycles. The normalized spacial score (nSPS) is 19.4. The molecular weight excluding hydrogens is 258 g/mol. The van der Waals surface area contributed by atoms with Crippen LogP contribution in [0.2, 0.25) is 0 Å². The third-order valence-corrected chi connectivity index (χ3v) is 4.42. The summed E-state index contributed by atoms with van der Waals surface area (Å²) in [5.74, 6) is 0.738. The minimum absolute atomic E-state index is 0.0278. The van der Waals surface area contributed by atoms with Crippen LogP contribution in [-0.4, -0.2) is 48.0 Å². The first kappa shape index (κ1) is 12.8. The van der Waals surface area contributed by atoms with E-state index in [0.29, 0.717) is 18.8 Å². The van der Waals surface area contributed by atoms with E-state index in [1.165, 1.54) is 7.11 Å². The third kappa shape index (κ3) is 3.19. The van der Waals surface area contributed by atoms with Crippen LogP contribution in [0.15, 0.2) is 0 Å². The summed E-state index contributed by atoms with van der Waals surface area (Å²) in [5.41, 5.74) is 5.51. The number of nitrogen functional groups attached to an aromatic ring is 1. The van der Waals surface area contributed by atoms with E-state index in [2.05, 4.69) is 20.3 Å². The zero-order chi connectivity index (χ0) is 13.2. The Hall–Kier alpha value is -1.64. The Morgan fingerprint density at radius 3 is 2.56 bits per heavy atom. The van der Waals surface area contributed by atoms with Gasteiger partial charge in [0.05, 0.1) is 18.6 Å². The number of rotatable bonds is 3. The summed E-state index contributed by atoms with van der Waals surface area (Å²) in [4.78, 5) is 11.7. The van der Waals surface area contributed by atoms with Crippen molar-refractivity contribution in [3.63, 3.8) is 0 Å². The van der Waals surface area contributed by atoms with Crippen LogP contribution in [0, 0.1) is 0 Å².